The van der Waals surface area contributed by atoms with Gasteiger partial charge < -0.3 is 15.4 Å². The lowest BCUT2D eigenvalue weighted by molar-refractivity contribution is -0.121. The Labute approximate surface area is 99.1 Å². The van der Waals surface area contributed by atoms with Crippen LogP contribution >= 0.6 is 0 Å². The van der Waals surface area contributed by atoms with Gasteiger partial charge in [-0.05, 0) is 26.7 Å². The normalized spacial score (nSPS) is 14.9. The molecule has 4 nitrogen and oxygen atoms in total. The topological polar surface area (TPSA) is 50.4 Å². The van der Waals surface area contributed by atoms with E-state index < -0.39 is 0 Å². The van der Waals surface area contributed by atoms with Crippen LogP contribution in [0.5, 0.6) is 0 Å². The number of rotatable bonds is 8. The maximum Gasteiger partial charge on any atom is 0.234 e. The van der Waals surface area contributed by atoms with Gasteiger partial charge in [0.25, 0.3) is 0 Å². The van der Waals surface area contributed by atoms with Crippen molar-refractivity contribution in [2.24, 2.45) is 5.92 Å². The molecular weight excluding hydrogens is 204 g/mol. The van der Waals surface area contributed by atoms with E-state index in [0.717, 1.165) is 0 Å². The molecule has 0 aliphatic carbocycles. The second-order valence-electron chi connectivity index (χ2n) is 4.50. The highest BCUT2D eigenvalue weighted by molar-refractivity contribution is 5.78. The van der Waals surface area contributed by atoms with Gasteiger partial charge in [0.15, 0.2) is 0 Å². The van der Waals surface area contributed by atoms with Crippen molar-refractivity contribution in [3.8, 4) is 0 Å². The maximum absolute atomic E-state index is 11.5. The monoisotopic (exact) mass is 230 g/mol. The second-order valence-corrected chi connectivity index (χ2v) is 4.50. The Morgan fingerprint density at radius 3 is 2.38 bits per heavy atom. The van der Waals surface area contributed by atoms with Gasteiger partial charge in [0, 0.05) is 19.2 Å². The number of hydrogen-bond donors (Lipinski definition) is 2. The van der Waals surface area contributed by atoms with Crippen LogP contribution in [0.2, 0.25) is 0 Å². The Bertz CT molecular complexity index is 195. The molecule has 2 N–H and O–H groups in total. The van der Waals surface area contributed by atoms with Crippen molar-refractivity contribution in [3.05, 3.63) is 0 Å². The summed E-state index contributed by atoms with van der Waals surface area (Å²) in [6.45, 7) is 11.9. The molecule has 0 saturated carbocycles. The summed E-state index contributed by atoms with van der Waals surface area (Å²) in [6.07, 6.45) is 0.153. The zero-order valence-corrected chi connectivity index (χ0v) is 11.2. The summed E-state index contributed by atoms with van der Waals surface area (Å²) >= 11 is 0. The summed E-state index contributed by atoms with van der Waals surface area (Å²) in [5, 5.41) is 6.02. The molecule has 0 aromatic heterocycles. The highest BCUT2D eigenvalue weighted by Crippen LogP contribution is 1.98. The van der Waals surface area contributed by atoms with E-state index in [-0.39, 0.29) is 18.1 Å². The lowest BCUT2D eigenvalue weighted by Gasteiger charge is -2.18. The van der Waals surface area contributed by atoms with Crippen molar-refractivity contribution < 1.29 is 9.53 Å². The molecule has 0 rings (SSSR count). The molecular formula is C12H26N2O2. The summed E-state index contributed by atoms with van der Waals surface area (Å²) in [7, 11) is 0. The molecule has 0 aliphatic heterocycles. The molecule has 0 aliphatic rings. The number of amides is 1. The average Bonchev–Trinajstić information content (AvgIpc) is 2.17. The van der Waals surface area contributed by atoms with Crippen LogP contribution in [-0.4, -0.2) is 37.7 Å². The molecule has 0 bridgehead atoms. The number of carbonyl (C=O) groups is 1. The van der Waals surface area contributed by atoms with E-state index >= 15 is 0 Å². The molecule has 96 valence electrons. The molecule has 0 radical (unpaired) electrons. The Hall–Kier alpha value is -0.610. The van der Waals surface area contributed by atoms with Gasteiger partial charge in [-0.25, -0.2) is 0 Å². The first-order chi connectivity index (χ1) is 7.47. The lowest BCUT2D eigenvalue weighted by Crippen LogP contribution is -2.42. The van der Waals surface area contributed by atoms with Crippen LogP contribution < -0.4 is 10.6 Å². The van der Waals surface area contributed by atoms with Crippen molar-refractivity contribution in [1.82, 2.24) is 10.6 Å². The summed E-state index contributed by atoms with van der Waals surface area (Å²) in [5.74, 6) is 0.510. The SMILES string of the molecule is CCOC(C)CNCC(=O)NC(C)C(C)C. The van der Waals surface area contributed by atoms with Crippen LogP contribution in [0.1, 0.15) is 34.6 Å². The van der Waals surface area contributed by atoms with Crippen LogP contribution in [0, 0.1) is 5.92 Å². The average molecular weight is 230 g/mol. The van der Waals surface area contributed by atoms with Gasteiger partial charge in [-0.15, -0.1) is 0 Å². The highest BCUT2D eigenvalue weighted by atomic mass is 16.5. The zero-order chi connectivity index (χ0) is 12.6. The number of hydrogen-bond acceptors (Lipinski definition) is 3. The molecule has 16 heavy (non-hydrogen) atoms. The van der Waals surface area contributed by atoms with Gasteiger partial charge in [-0.3, -0.25) is 4.79 Å². The molecule has 0 aromatic rings. The summed E-state index contributed by atoms with van der Waals surface area (Å²) in [5.41, 5.74) is 0. The van der Waals surface area contributed by atoms with Gasteiger partial charge in [0.1, 0.15) is 0 Å². The Balaban J connectivity index is 3.58. The standard InChI is InChI=1S/C12H26N2O2/c1-6-16-10(4)7-13-8-12(15)14-11(5)9(2)3/h9-11,13H,6-8H2,1-5H3,(H,14,15). The third-order valence-corrected chi connectivity index (χ3v) is 2.56. The van der Waals surface area contributed by atoms with Gasteiger partial charge in [0.05, 0.1) is 12.6 Å². The predicted molar refractivity (Wildman–Crippen MR) is 66.4 cm³/mol. The smallest absolute Gasteiger partial charge is 0.234 e. The van der Waals surface area contributed by atoms with E-state index in [1.165, 1.54) is 0 Å². The van der Waals surface area contributed by atoms with E-state index in [1.807, 2.05) is 20.8 Å². The number of ether oxygens (including phenoxy) is 1. The van der Waals surface area contributed by atoms with E-state index in [9.17, 15) is 4.79 Å². The number of nitrogens with one attached hydrogen (secondary N) is 2. The van der Waals surface area contributed by atoms with E-state index in [2.05, 4.69) is 24.5 Å². The predicted octanol–water partition coefficient (Wildman–Crippen LogP) is 1.16. The fraction of sp³-hybridized carbons (Fsp3) is 0.917. The van der Waals surface area contributed by atoms with Gasteiger partial charge in [-0.2, -0.15) is 0 Å². The van der Waals surface area contributed by atoms with Crippen LogP contribution in [-0.2, 0) is 9.53 Å². The van der Waals surface area contributed by atoms with E-state index in [0.29, 0.717) is 25.6 Å². The Morgan fingerprint density at radius 1 is 1.25 bits per heavy atom. The van der Waals surface area contributed by atoms with Crippen molar-refractivity contribution in [2.75, 3.05) is 19.7 Å². The highest BCUT2D eigenvalue weighted by Gasteiger charge is 2.10. The fourth-order valence-corrected chi connectivity index (χ4v) is 1.20. The summed E-state index contributed by atoms with van der Waals surface area (Å²) < 4.78 is 5.35. The lowest BCUT2D eigenvalue weighted by atomic mass is 10.1. The third-order valence-electron chi connectivity index (χ3n) is 2.56. The van der Waals surface area contributed by atoms with Crippen molar-refractivity contribution in [1.29, 1.82) is 0 Å². The Kier molecular flexibility index (Phi) is 8.21. The zero-order valence-electron chi connectivity index (χ0n) is 11.2. The van der Waals surface area contributed by atoms with Crippen LogP contribution in [0.4, 0.5) is 0 Å². The van der Waals surface area contributed by atoms with Crippen LogP contribution in [0.15, 0.2) is 0 Å². The van der Waals surface area contributed by atoms with Gasteiger partial charge in [-0.1, -0.05) is 13.8 Å². The molecule has 0 saturated heterocycles. The fourth-order valence-electron chi connectivity index (χ4n) is 1.20. The minimum atomic E-state index is 0.0462. The molecule has 2 unspecified atom stereocenters. The first-order valence-electron chi connectivity index (χ1n) is 6.09. The third kappa shape index (κ3) is 7.65. The molecule has 0 spiro atoms. The molecule has 2 atom stereocenters. The van der Waals surface area contributed by atoms with Crippen molar-refractivity contribution >= 4 is 5.91 Å². The quantitative estimate of drug-likeness (QED) is 0.658. The maximum atomic E-state index is 11.5. The van der Waals surface area contributed by atoms with E-state index in [1.54, 1.807) is 0 Å². The second kappa shape index (κ2) is 8.53. The molecule has 0 fully saturated rings. The van der Waals surface area contributed by atoms with Gasteiger partial charge in [0.2, 0.25) is 5.91 Å². The van der Waals surface area contributed by atoms with Crippen molar-refractivity contribution in [3.63, 3.8) is 0 Å². The molecule has 0 aromatic carbocycles. The van der Waals surface area contributed by atoms with Crippen LogP contribution in [0.25, 0.3) is 0 Å². The Morgan fingerprint density at radius 2 is 1.88 bits per heavy atom. The van der Waals surface area contributed by atoms with Crippen LogP contribution in [0.3, 0.4) is 0 Å². The first-order valence-corrected chi connectivity index (χ1v) is 6.09. The minimum absolute atomic E-state index is 0.0462. The minimum Gasteiger partial charge on any atom is -0.377 e. The number of carbonyl (C=O) groups excluding carboxylic acids is 1. The molecule has 4 heteroatoms. The molecule has 0 heterocycles. The van der Waals surface area contributed by atoms with Gasteiger partial charge >= 0.3 is 0 Å². The summed E-state index contributed by atoms with van der Waals surface area (Å²) in [6, 6.07) is 0.221. The van der Waals surface area contributed by atoms with Crippen molar-refractivity contribution in [2.45, 2.75) is 46.8 Å². The summed E-state index contributed by atoms with van der Waals surface area (Å²) in [4.78, 5) is 11.5. The van der Waals surface area contributed by atoms with E-state index in [4.69, 9.17) is 4.74 Å². The largest absolute Gasteiger partial charge is 0.377 e. The molecule has 1 amide bonds. The first kappa shape index (κ1) is 15.4.